The summed E-state index contributed by atoms with van der Waals surface area (Å²) in [5, 5.41) is 0. The molecule has 11 heavy (non-hydrogen) atoms. The fourth-order valence-corrected chi connectivity index (χ4v) is 0.558. The second-order valence-corrected chi connectivity index (χ2v) is 1.80. The minimum atomic E-state index is 0.259. The van der Waals surface area contributed by atoms with Gasteiger partial charge < -0.3 is 4.79 Å². The Labute approximate surface area is 64.5 Å². The molecule has 0 saturated carbocycles. The van der Waals surface area contributed by atoms with E-state index in [9.17, 15) is 4.79 Å². The van der Waals surface area contributed by atoms with Gasteiger partial charge >= 0.3 is 0 Å². The lowest BCUT2D eigenvalue weighted by Gasteiger charge is -1.83. The van der Waals surface area contributed by atoms with Gasteiger partial charge in [0.1, 0.15) is 12.6 Å². The van der Waals surface area contributed by atoms with Gasteiger partial charge in [-0.3, -0.25) is 0 Å². The molecule has 0 amide bonds. The van der Waals surface area contributed by atoms with Crippen LogP contribution in [0.4, 0.5) is 0 Å². The monoisotopic (exact) mass is 146 g/mol. The maximum Gasteiger partial charge on any atom is 0.131 e. The molecular weight excluding hydrogens is 140 g/mol. The maximum absolute atomic E-state index is 9.86. The van der Waals surface area contributed by atoms with E-state index in [0.717, 1.165) is 11.8 Å². The first-order valence-electron chi connectivity index (χ1n) is 3.11. The van der Waals surface area contributed by atoms with Gasteiger partial charge in [0.2, 0.25) is 0 Å². The smallest absolute Gasteiger partial charge is 0.131 e. The SMILES string of the molecule is O=CCC#Cc1cncnc1. The van der Waals surface area contributed by atoms with E-state index >= 15 is 0 Å². The highest BCUT2D eigenvalue weighted by Crippen LogP contribution is 1.87. The minimum absolute atomic E-state index is 0.259. The van der Waals surface area contributed by atoms with Crippen LogP contribution in [-0.2, 0) is 4.79 Å². The van der Waals surface area contributed by atoms with Gasteiger partial charge in [-0.15, -0.1) is 0 Å². The normalized spacial score (nSPS) is 8.00. The van der Waals surface area contributed by atoms with Gasteiger partial charge in [-0.05, 0) is 0 Å². The zero-order valence-electron chi connectivity index (χ0n) is 5.82. The number of aromatic nitrogens is 2. The summed E-state index contributed by atoms with van der Waals surface area (Å²) in [6, 6.07) is 0. The minimum Gasteiger partial charge on any atom is -0.302 e. The van der Waals surface area contributed by atoms with E-state index in [1.54, 1.807) is 12.4 Å². The zero-order valence-corrected chi connectivity index (χ0v) is 5.82. The average molecular weight is 146 g/mol. The topological polar surface area (TPSA) is 42.9 Å². The summed E-state index contributed by atoms with van der Waals surface area (Å²) in [4.78, 5) is 17.4. The summed E-state index contributed by atoms with van der Waals surface area (Å²) >= 11 is 0. The van der Waals surface area contributed by atoms with Gasteiger partial charge in [-0.2, -0.15) is 0 Å². The molecule has 54 valence electrons. The Hall–Kier alpha value is -1.69. The van der Waals surface area contributed by atoms with Gasteiger partial charge in [0.15, 0.2) is 0 Å². The highest BCUT2D eigenvalue weighted by atomic mass is 16.1. The van der Waals surface area contributed by atoms with Crippen LogP contribution in [0.2, 0.25) is 0 Å². The molecule has 1 aromatic rings. The molecule has 0 saturated heterocycles. The van der Waals surface area contributed by atoms with Gasteiger partial charge in [-0.25, -0.2) is 9.97 Å². The van der Waals surface area contributed by atoms with E-state index < -0.39 is 0 Å². The number of rotatable bonds is 1. The molecule has 0 aliphatic rings. The largest absolute Gasteiger partial charge is 0.302 e. The van der Waals surface area contributed by atoms with Crippen molar-refractivity contribution in [3.63, 3.8) is 0 Å². The molecule has 0 radical (unpaired) electrons. The molecule has 0 aliphatic heterocycles. The molecule has 0 aliphatic carbocycles. The predicted molar refractivity (Wildman–Crippen MR) is 39.6 cm³/mol. The van der Waals surface area contributed by atoms with E-state index in [4.69, 9.17) is 0 Å². The van der Waals surface area contributed by atoms with Crippen LogP contribution in [0.25, 0.3) is 0 Å². The lowest BCUT2D eigenvalue weighted by Crippen LogP contribution is -1.79. The van der Waals surface area contributed by atoms with Crippen LogP contribution in [0, 0.1) is 11.8 Å². The van der Waals surface area contributed by atoms with Gasteiger partial charge in [0.25, 0.3) is 0 Å². The van der Waals surface area contributed by atoms with Crippen molar-refractivity contribution in [3.8, 4) is 11.8 Å². The van der Waals surface area contributed by atoms with Crippen LogP contribution in [0.3, 0.4) is 0 Å². The number of hydrogen-bond acceptors (Lipinski definition) is 3. The molecule has 1 aromatic heterocycles. The van der Waals surface area contributed by atoms with E-state index in [-0.39, 0.29) is 6.42 Å². The molecule has 0 aromatic carbocycles. The average Bonchev–Trinajstić information content (AvgIpc) is 2.07. The quantitative estimate of drug-likeness (QED) is 0.426. The van der Waals surface area contributed by atoms with Crippen molar-refractivity contribution in [3.05, 3.63) is 24.3 Å². The number of aldehydes is 1. The Morgan fingerprint density at radius 3 is 2.82 bits per heavy atom. The van der Waals surface area contributed by atoms with Crippen molar-refractivity contribution in [2.45, 2.75) is 6.42 Å². The fourth-order valence-electron chi connectivity index (χ4n) is 0.558. The Kier molecular flexibility index (Phi) is 2.82. The number of carbonyl (C=O) groups is 1. The number of carbonyl (C=O) groups excluding carboxylic acids is 1. The first-order valence-corrected chi connectivity index (χ1v) is 3.11. The second kappa shape index (κ2) is 4.18. The summed E-state index contributed by atoms with van der Waals surface area (Å²) in [5.41, 5.74) is 0.731. The molecule has 0 N–H and O–H groups in total. The van der Waals surface area contributed by atoms with E-state index in [0.29, 0.717) is 0 Å². The van der Waals surface area contributed by atoms with Crippen molar-refractivity contribution in [1.82, 2.24) is 9.97 Å². The highest BCUT2D eigenvalue weighted by molar-refractivity contribution is 5.54. The van der Waals surface area contributed by atoms with Crippen LogP contribution in [0.1, 0.15) is 12.0 Å². The standard InChI is InChI=1S/C8H6N2O/c11-4-2-1-3-8-5-9-7-10-6-8/h4-7H,2H2. The fraction of sp³-hybridized carbons (Fsp3) is 0.125. The molecule has 1 heterocycles. The van der Waals surface area contributed by atoms with Crippen molar-refractivity contribution in [1.29, 1.82) is 0 Å². The van der Waals surface area contributed by atoms with E-state index in [1.165, 1.54) is 6.33 Å². The Balaban J connectivity index is 2.66. The molecule has 0 unspecified atom stereocenters. The van der Waals surface area contributed by atoms with Crippen LogP contribution in [0.5, 0.6) is 0 Å². The molecule has 3 heteroatoms. The lowest BCUT2D eigenvalue weighted by molar-refractivity contribution is -0.107. The van der Waals surface area contributed by atoms with E-state index in [2.05, 4.69) is 21.8 Å². The van der Waals surface area contributed by atoms with Gasteiger partial charge in [-0.1, -0.05) is 11.8 Å². The third kappa shape index (κ3) is 2.59. The first-order chi connectivity index (χ1) is 5.43. The Morgan fingerprint density at radius 1 is 1.45 bits per heavy atom. The van der Waals surface area contributed by atoms with Crippen LogP contribution in [0.15, 0.2) is 18.7 Å². The van der Waals surface area contributed by atoms with Crippen LogP contribution < -0.4 is 0 Å². The summed E-state index contributed by atoms with van der Waals surface area (Å²) in [5.74, 6) is 5.39. The summed E-state index contributed by atoms with van der Waals surface area (Å²) in [6.45, 7) is 0. The third-order valence-corrected chi connectivity index (χ3v) is 0.979. The molecule has 3 nitrogen and oxygen atoms in total. The van der Waals surface area contributed by atoms with Crippen molar-refractivity contribution in [2.75, 3.05) is 0 Å². The Morgan fingerprint density at radius 2 is 2.18 bits per heavy atom. The molecule has 1 rings (SSSR count). The molecule has 0 bridgehead atoms. The highest BCUT2D eigenvalue weighted by Gasteiger charge is 1.81. The predicted octanol–water partition coefficient (Wildman–Crippen LogP) is 0.417. The van der Waals surface area contributed by atoms with E-state index in [1.807, 2.05) is 0 Å². The summed E-state index contributed by atoms with van der Waals surface area (Å²) in [7, 11) is 0. The molecule has 0 fully saturated rings. The van der Waals surface area contributed by atoms with Gasteiger partial charge in [0.05, 0.1) is 12.0 Å². The van der Waals surface area contributed by atoms with Crippen molar-refractivity contribution < 1.29 is 4.79 Å². The van der Waals surface area contributed by atoms with Crippen molar-refractivity contribution >= 4 is 6.29 Å². The molecule has 0 atom stereocenters. The Bertz CT molecular complexity index is 284. The third-order valence-electron chi connectivity index (χ3n) is 0.979. The lowest BCUT2D eigenvalue weighted by atomic mass is 10.3. The van der Waals surface area contributed by atoms with Crippen LogP contribution in [-0.4, -0.2) is 16.3 Å². The van der Waals surface area contributed by atoms with Crippen molar-refractivity contribution in [2.24, 2.45) is 0 Å². The second-order valence-electron chi connectivity index (χ2n) is 1.80. The number of nitrogens with zero attached hydrogens (tertiary/aromatic N) is 2. The number of hydrogen-bond donors (Lipinski definition) is 0. The van der Waals surface area contributed by atoms with Gasteiger partial charge in [0, 0.05) is 12.4 Å². The maximum atomic E-state index is 9.86. The molecule has 0 spiro atoms. The first kappa shape index (κ1) is 7.42. The summed E-state index contributed by atoms with van der Waals surface area (Å²) < 4.78 is 0. The zero-order chi connectivity index (χ0) is 7.94. The summed E-state index contributed by atoms with van der Waals surface area (Å²) in [6.07, 6.45) is 5.66. The van der Waals surface area contributed by atoms with Crippen LogP contribution >= 0.6 is 0 Å². The molecular formula is C8H6N2O.